The zero-order chi connectivity index (χ0) is 15.3. The number of rotatable bonds is 14. The van der Waals surface area contributed by atoms with Crippen LogP contribution in [-0.4, -0.2) is 29.7 Å². The summed E-state index contributed by atoms with van der Waals surface area (Å²) in [6.45, 7) is 4.55. The number of hydrogen-bond acceptors (Lipinski definition) is 2. The molecule has 0 aromatic heterocycles. The number of halogens is 1. The van der Waals surface area contributed by atoms with Gasteiger partial charge in [-0.25, -0.2) is 0 Å². The minimum absolute atomic E-state index is 0. The Kier molecular flexibility index (Phi) is 17.2. The predicted molar refractivity (Wildman–Crippen MR) is 85.7 cm³/mol. The molecule has 0 aliphatic carbocycles. The van der Waals surface area contributed by atoms with E-state index in [1.54, 1.807) is 0 Å². The standard InChI is InChI=1S/C17H37NO2.BrH/c1-4-5-6-7-8-9-10-11-12-13-14-15-16-18(3)17(2,19)20;/h19-20H,4-16H2,1-3H3;1H. The number of hydrogen-bond donors (Lipinski definition) is 3. The molecule has 0 heterocycles. The molecule has 0 radical (unpaired) electrons. The summed E-state index contributed by atoms with van der Waals surface area (Å²) in [5, 5.41) is 18.8. The van der Waals surface area contributed by atoms with Crippen molar-refractivity contribution in [3.05, 3.63) is 0 Å². The van der Waals surface area contributed by atoms with Gasteiger partial charge in [0, 0.05) is 6.92 Å². The Labute approximate surface area is 142 Å². The molecule has 1 unspecified atom stereocenters. The van der Waals surface area contributed by atoms with Gasteiger partial charge in [-0.1, -0.05) is 71.1 Å². The van der Waals surface area contributed by atoms with Crippen molar-refractivity contribution in [3.63, 3.8) is 0 Å². The van der Waals surface area contributed by atoms with E-state index in [9.17, 15) is 10.2 Å². The molecule has 21 heavy (non-hydrogen) atoms. The van der Waals surface area contributed by atoms with Crippen LogP contribution in [0.2, 0.25) is 0 Å². The van der Waals surface area contributed by atoms with E-state index in [4.69, 9.17) is 0 Å². The van der Waals surface area contributed by atoms with Crippen molar-refractivity contribution in [1.29, 1.82) is 0 Å². The summed E-state index contributed by atoms with van der Waals surface area (Å²) < 4.78 is 0. The highest BCUT2D eigenvalue weighted by Crippen LogP contribution is 2.11. The maximum absolute atomic E-state index is 9.38. The average molecular weight is 368 g/mol. The monoisotopic (exact) mass is 367 g/mol. The molecule has 0 aliphatic heterocycles. The van der Waals surface area contributed by atoms with E-state index in [0.29, 0.717) is 0 Å². The minimum Gasteiger partial charge on any atom is -1.00 e. The smallest absolute Gasteiger partial charge is 0.309 e. The summed E-state index contributed by atoms with van der Waals surface area (Å²) in [5.41, 5.74) is 0. The first-order valence-electron chi connectivity index (χ1n) is 8.76. The van der Waals surface area contributed by atoms with Gasteiger partial charge in [-0.3, -0.25) is 4.90 Å². The Morgan fingerprint density at radius 3 is 1.38 bits per heavy atom. The van der Waals surface area contributed by atoms with Crippen LogP contribution in [0.15, 0.2) is 0 Å². The van der Waals surface area contributed by atoms with Crippen LogP contribution in [0.1, 0.15) is 90.9 Å². The Bertz CT molecular complexity index is 207. The zero-order valence-electron chi connectivity index (χ0n) is 14.5. The zero-order valence-corrected chi connectivity index (χ0v) is 16.1. The first-order chi connectivity index (χ1) is 9.48. The topological polar surface area (TPSA) is 44.9 Å². The van der Waals surface area contributed by atoms with Crippen LogP contribution in [-0.2, 0) is 0 Å². The minimum atomic E-state index is -1.59. The fraction of sp³-hybridized carbons (Fsp3) is 1.00. The highest BCUT2D eigenvalue weighted by Gasteiger charge is 2.25. The van der Waals surface area contributed by atoms with Gasteiger partial charge in [0.2, 0.25) is 0 Å². The van der Waals surface area contributed by atoms with E-state index in [-0.39, 0.29) is 17.0 Å². The largest absolute Gasteiger partial charge is 1.00 e. The van der Waals surface area contributed by atoms with Crippen LogP contribution in [0, 0.1) is 0 Å². The number of aliphatic hydroxyl groups is 2. The van der Waals surface area contributed by atoms with Gasteiger partial charge < -0.3 is 27.2 Å². The molecule has 0 aromatic rings. The molecule has 0 aliphatic rings. The quantitative estimate of drug-likeness (QED) is 0.295. The van der Waals surface area contributed by atoms with Gasteiger partial charge in [-0.2, -0.15) is 0 Å². The van der Waals surface area contributed by atoms with Crippen molar-refractivity contribution in [1.82, 2.24) is 0 Å². The molecule has 4 heteroatoms. The van der Waals surface area contributed by atoms with Gasteiger partial charge in [-0.15, -0.1) is 0 Å². The maximum Gasteiger partial charge on any atom is 0.309 e. The van der Waals surface area contributed by atoms with Gasteiger partial charge in [0.25, 0.3) is 0 Å². The Hall–Kier alpha value is 0.360. The van der Waals surface area contributed by atoms with E-state index >= 15 is 0 Å². The van der Waals surface area contributed by atoms with Gasteiger partial charge in [0.05, 0.1) is 13.6 Å². The van der Waals surface area contributed by atoms with Crippen molar-refractivity contribution < 1.29 is 32.1 Å². The molecule has 0 saturated carbocycles. The van der Waals surface area contributed by atoms with E-state index in [1.807, 2.05) is 7.05 Å². The molecule has 0 spiro atoms. The Morgan fingerprint density at radius 1 is 0.714 bits per heavy atom. The fourth-order valence-electron chi connectivity index (χ4n) is 2.47. The lowest BCUT2D eigenvalue weighted by molar-refractivity contribution is -0.987. The first-order valence-corrected chi connectivity index (χ1v) is 8.76. The van der Waals surface area contributed by atoms with Crippen LogP contribution in [0.5, 0.6) is 0 Å². The first kappa shape index (κ1) is 23.6. The summed E-state index contributed by atoms with van der Waals surface area (Å²) in [5.74, 6) is -1.59. The number of unbranched alkanes of at least 4 members (excludes halogenated alkanes) is 11. The lowest BCUT2D eigenvalue weighted by Crippen LogP contribution is -3.17. The van der Waals surface area contributed by atoms with E-state index < -0.39 is 5.91 Å². The molecule has 0 amide bonds. The van der Waals surface area contributed by atoms with Crippen molar-refractivity contribution >= 4 is 0 Å². The summed E-state index contributed by atoms with van der Waals surface area (Å²) in [6.07, 6.45) is 16.1. The lowest BCUT2D eigenvalue weighted by atomic mass is 10.1. The molecule has 0 rings (SSSR count). The molecule has 1 atom stereocenters. The highest BCUT2D eigenvalue weighted by molar-refractivity contribution is 4.48. The highest BCUT2D eigenvalue weighted by atomic mass is 79.9. The Balaban J connectivity index is 0. The van der Waals surface area contributed by atoms with Crippen LogP contribution < -0.4 is 21.9 Å². The second kappa shape index (κ2) is 15.3. The van der Waals surface area contributed by atoms with E-state index in [1.165, 1.54) is 77.6 Å². The van der Waals surface area contributed by atoms with Gasteiger partial charge in [0.15, 0.2) is 0 Å². The third-order valence-electron chi connectivity index (χ3n) is 4.21. The summed E-state index contributed by atoms with van der Waals surface area (Å²) >= 11 is 0. The number of nitrogens with one attached hydrogen (secondary N) is 1. The van der Waals surface area contributed by atoms with Crippen LogP contribution in [0.4, 0.5) is 0 Å². The SMILES string of the molecule is CCCCCCCCCCCCCC[NH+](C)C(C)(O)O.[Br-]. The van der Waals surface area contributed by atoms with Crippen LogP contribution in [0.3, 0.4) is 0 Å². The van der Waals surface area contributed by atoms with Crippen LogP contribution in [0.25, 0.3) is 0 Å². The predicted octanol–water partition coefficient (Wildman–Crippen LogP) is -0.135. The third-order valence-corrected chi connectivity index (χ3v) is 4.21. The van der Waals surface area contributed by atoms with Gasteiger partial charge >= 0.3 is 5.91 Å². The second-order valence-corrected chi connectivity index (χ2v) is 6.44. The third kappa shape index (κ3) is 16.6. The molecule has 3 nitrogen and oxygen atoms in total. The van der Waals surface area contributed by atoms with Crippen LogP contribution >= 0.6 is 0 Å². The molecule has 3 N–H and O–H groups in total. The molecule has 0 aromatic carbocycles. The molecule has 0 saturated heterocycles. The van der Waals surface area contributed by atoms with Crippen molar-refractivity contribution in [2.45, 2.75) is 96.8 Å². The van der Waals surface area contributed by atoms with E-state index in [2.05, 4.69) is 6.92 Å². The second-order valence-electron chi connectivity index (χ2n) is 6.44. The lowest BCUT2D eigenvalue weighted by Gasteiger charge is -2.24. The fourth-order valence-corrected chi connectivity index (χ4v) is 2.47. The molecule has 0 fully saturated rings. The van der Waals surface area contributed by atoms with Crippen molar-refractivity contribution in [2.75, 3.05) is 13.6 Å². The average Bonchev–Trinajstić information content (AvgIpc) is 2.38. The molecule has 0 bridgehead atoms. The summed E-state index contributed by atoms with van der Waals surface area (Å²) in [6, 6.07) is 0. The number of quaternary nitrogens is 1. The normalized spacial score (nSPS) is 13.0. The van der Waals surface area contributed by atoms with Crippen molar-refractivity contribution in [3.8, 4) is 0 Å². The van der Waals surface area contributed by atoms with Gasteiger partial charge in [0.1, 0.15) is 0 Å². The summed E-state index contributed by atoms with van der Waals surface area (Å²) in [4.78, 5) is 0.782. The molecular formula is C17H38BrNO2. The molecule has 130 valence electrons. The molecular weight excluding hydrogens is 330 g/mol. The summed E-state index contributed by atoms with van der Waals surface area (Å²) in [7, 11) is 1.83. The van der Waals surface area contributed by atoms with E-state index in [0.717, 1.165) is 17.9 Å². The maximum atomic E-state index is 9.38. The van der Waals surface area contributed by atoms with Gasteiger partial charge in [-0.05, 0) is 12.8 Å². The van der Waals surface area contributed by atoms with Crippen molar-refractivity contribution in [2.24, 2.45) is 0 Å². The Morgan fingerprint density at radius 2 is 1.05 bits per heavy atom.